The molecule has 0 aliphatic carbocycles. The van der Waals surface area contributed by atoms with Gasteiger partial charge in [0.25, 0.3) is 0 Å². The molecule has 0 bridgehead atoms. The summed E-state index contributed by atoms with van der Waals surface area (Å²) in [7, 11) is 0. The highest BCUT2D eigenvalue weighted by atomic mass is 16.4. The van der Waals surface area contributed by atoms with Crippen molar-refractivity contribution in [2.24, 2.45) is 0 Å². The number of rotatable bonds is 8. The molecule has 8 nitrogen and oxygen atoms in total. The third-order valence-electron chi connectivity index (χ3n) is 2.28. The van der Waals surface area contributed by atoms with E-state index in [1.807, 2.05) is 0 Å². The van der Waals surface area contributed by atoms with Gasteiger partial charge in [-0.25, -0.2) is 4.98 Å². The molecule has 1 aromatic rings. The first kappa shape index (κ1) is 14.7. The van der Waals surface area contributed by atoms with Crippen molar-refractivity contribution in [3.63, 3.8) is 0 Å². The lowest BCUT2D eigenvalue weighted by molar-refractivity contribution is -0.138. The molecule has 1 aromatic heterocycles. The van der Waals surface area contributed by atoms with Gasteiger partial charge in [-0.2, -0.15) is 0 Å². The van der Waals surface area contributed by atoms with Crippen molar-refractivity contribution in [1.82, 2.24) is 20.6 Å². The van der Waals surface area contributed by atoms with Crippen LogP contribution in [0.5, 0.6) is 0 Å². The summed E-state index contributed by atoms with van der Waals surface area (Å²) >= 11 is 0. The van der Waals surface area contributed by atoms with Crippen LogP contribution in [0.4, 0.5) is 0 Å². The second kappa shape index (κ2) is 7.85. The number of imidazole rings is 1. The molecule has 1 rings (SSSR count). The minimum Gasteiger partial charge on any atom is -0.481 e. The number of carboxylic acid groups (broad SMARTS) is 1. The topological polar surface area (TPSA) is 124 Å². The molecular formula is C11H16N4O4. The number of carboxylic acids is 1. The maximum absolute atomic E-state index is 11.3. The summed E-state index contributed by atoms with van der Waals surface area (Å²) in [5.41, 5.74) is 0.908. The number of carbonyl (C=O) groups is 3. The van der Waals surface area contributed by atoms with Crippen molar-refractivity contribution in [2.75, 3.05) is 13.1 Å². The van der Waals surface area contributed by atoms with Gasteiger partial charge in [0.2, 0.25) is 11.8 Å². The van der Waals surface area contributed by atoms with Crippen LogP contribution in [-0.4, -0.2) is 45.9 Å². The van der Waals surface area contributed by atoms with Crippen LogP contribution in [0, 0.1) is 0 Å². The van der Waals surface area contributed by atoms with Crippen molar-refractivity contribution < 1.29 is 19.5 Å². The van der Waals surface area contributed by atoms with Crippen LogP contribution < -0.4 is 10.6 Å². The second-order valence-corrected chi connectivity index (χ2v) is 3.85. The van der Waals surface area contributed by atoms with Gasteiger partial charge in [-0.15, -0.1) is 0 Å². The lowest BCUT2D eigenvalue weighted by Gasteiger charge is -2.05. The highest BCUT2D eigenvalue weighted by Crippen LogP contribution is 1.90. The predicted octanol–water partition coefficient (Wildman–Crippen LogP) is -0.951. The summed E-state index contributed by atoms with van der Waals surface area (Å²) in [4.78, 5) is 39.5. The Kier molecular flexibility index (Phi) is 6.07. The van der Waals surface area contributed by atoms with E-state index < -0.39 is 11.9 Å². The fraction of sp³-hybridized carbons (Fsp3) is 0.455. The van der Waals surface area contributed by atoms with Gasteiger partial charge in [0.15, 0.2) is 0 Å². The van der Waals surface area contributed by atoms with Crippen molar-refractivity contribution in [1.29, 1.82) is 0 Å². The molecule has 0 atom stereocenters. The number of hydrogen-bond donors (Lipinski definition) is 4. The number of amides is 2. The largest absolute Gasteiger partial charge is 0.481 e. The molecule has 1 heterocycles. The van der Waals surface area contributed by atoms with Gasteiger partial charge >= 0.3 is 5.97 Å². The zero-order chi connectivity index (χ0) is 14.1. The molecule has 0 radical (unpaired) electrons. The highest BCUT2D eigenvalue weighted by Gasteiger charge is 2.07. The average Bonchev–Trinajstić information content (AvgIpc) is 2.87. The molecule has 0 aromatic carbocycles. The Bertz CT molecular complexity index is 430. The fourth-order valence-corrected chi connectivity index (χ4v) is 1.31. The van der Waals surface area contributed by atoms with Crippen LogP contribution in [0.3, 0.4) is 0 Å². The van der Waals surface area contributed by atoms with E-state index in [0.29, 0.717) is 13.0 Å². The van der Waals surface area contributed by atoms with Crippen LogP contribution in [0.1, 0.15) is 18.5 Å². The Morgan fingerprint density at radius 2 is 2.00 bits per heavy atom. The van der Waals surface area contributed by atoms with Crippen LogP contribution in [-0.2, 0) is 20.8 Å². The molecule has 2 amide bonds. The van der Waals surface area contributed by atoms with E-state index in [0.717, 1.165) is 5.69 Å². The summed E-state index contributed by atoms with van der Waals surface area (Å²) in [5.74, 6) is -1.81. The molecule has 104 valence electrons. The number of nitrogens with one attached hydrogen (secondary N) is 3. The third-order valence-corrected chi connectivity index (χ3v) is 2.28. The van der Waals surface area contributed by atoms with Gasteiger partial charge < -0.3 is 20.7 Å². The van der Waals surface area contributed by atoms with E-state index in [1.54, 1.807) is 12.5 Å². The summed E-state index contributed by atoms with van der Waals surface area (Å²) in [5, 5.41) is 13.3. The molecule has 4 N–H and O–H groups in total. The normalized spacial score (nSPS) is 9.89. The zero-order valence-electron chi connectivity index (χ0n) is 10.3. The first-order valence-corrected chi connectivity index (χ1v) is 5.80. The number of nitrogens with zero attached hydrogens (tertiary/aromatic N) is 1. The van der Waals surface area contributed by atoms with E-state index in [9.17, 15) is 14.4 Å². The zero-order valence-corrected chi connectivity index (χ0v) is 10.3. The van der Waals surface area contributed by atoms with Crippen molar-refractivity contribution in [3.8, 4) is 0 Å². The van der Waals surface area contributed by atoms with Gasteiger partial charge in [0.05, 0.1) is 19.3 Å². The van der Waals surface area contributed by atoms with E-state index in [-0.39, 0.29) is 25.3 Å². The molecule has 0 unspecified atom stereocenters. The fourth-order valence-electron chi connectivity index (χ4n) is 1.31. The van der Waals surface area contributed by atoms with Crippen LogP contribution in [0.2, 0.25) is 0 Å². The van der Waals surface area contributed by atoms with Gasteiger partial charge in [-0.05, 0) is 0 Å². The molecule has 0 spiro atoms. The van der Waals surface area contributed by atoms with Gasteiger partial charge in [0, 0.05) is 31.3 Å². The number of aliphatic carboxylic acids is 1. The third kappa shape index (κ3) is 6.81. The van der Waals surface area contributed by atoms with Crippen molar-refractivity contribution >= 4 is 17.8 Å². The van der Waals surface area contributed by atoms with Gasteiger partial charge in [0.1, 0.15) is 0 Å². The first-order valence-electron chi connectivity index (χ1n) is 5.80. The Morgan fingerprint density at radius 1 is 1.21 bits per heavy atom. The molecule has 8 heteroatoms. The first-order chi connectivity index (χ1) is 9.08. The maximum Gasteiger partial charge on any atom is 0.303 e. The minimum absolute atomic E-state index is 0.128. The Labute approximate surface area is 109 Å². The van der Waals surface area contributed by atoms with Crippen LogP contribution in [0.25, 0.3) is 0 Å². The SMILES string of the molecule is O=C(O)CCC(=O)NCC(=O)NCCc1cnc[nH]1. The molecular weight excluding hydrogens is 252 g/mol. The average molecular weight is 268 g/mol. The van der Waals surface area contributed by atoms with Crippen molar-refractivity contribution in [2.45, 2.75) is 19.3 Å². The monoisotopic (exact) mass is 268 g/mol. The molecule has 0 aliphatic heterocycles. The minimum atomic E-state index is -1.04. The Balaban J connectivity index is 2.07. The van der Waals surface area contributed by atoms with Gasteiger partial charge in [-0.3, -0.25) is 14.4 Å². The summed E-state index contributed by atoms with van der Waals surface area (Å²) < 4.78 is 0. The molecule has 19 heavy (non-hydrogen) atoms. The number of H-pyrrole nitrogens is 1. The lowest BCUT2D eigenvalue weighted by atomic mass is 10.3. The lowest BCUT2D eigenvalue weighted by Crippen LogP contribution is -2.37. The van der Waals surface area contributed by atoms with Crippen LogP contribution >= 0.6 is 0 Å². The predicted molar refractivity (Wildman–Crippen MR) is 65.2 cm³/mol. The summed E-state index contributed by atoms with van der Waals surface area (Å²) in [6.45, 7) is 0.285. The van der Waals surface area contributed by atoms with Crippen LogP contribution in [0.15, 0.2) is 12.5 Å². The smallest absolute Gasteiger partial charge is 0.303 e. The van der Waals surface area contributed by atoms with E-state index in [4.69, 9.17) is 5.11 Å². The van der Waals surface area contributed by atoms with Gasteiger partial charge in [-0.1, -0.05) is 0 Å². The number of hydrogen-bond acceptors (Lipinski definition) is 4. The second-order valence-electron chi connectivity index (χ2n) is 3.85. The molecule has 0 aliphatic rings. The molecule has 0 saturated carbocycles. The standard InChI is InChI=1S/C11H16N4O4/c16-9(1-2-11(18)19)14-6-10(17)13-4-3-8-5-12-7-15-8/h5,7H,1-4,6H2,(H,12,15)(H,13,17)(H,14,16)(H,18,19). The number of carbonyl (C=O) groups excluding carboxylic acids is 2. The quantitative estimate of drug-likeness (QED) is 0.484. The number of aromatic nitrogens is 2. The van der Waals surface area contributed by atoms with E-state index in [2.05, 4.69) is 20.6 Å². The Morgan fingerprint density at radius 3 is 2.63 bits per heavy atom. The van der Waals surface area contributed by atoms with Crippen molar-refractivity contribution in [3.05, 3.63) is 18.2 Å². The molecule has 0 fully saturated rings. The highest BCUT2D eigenvalue weighted by molar-refractivity contribution is 5.86. The Hall–Kier alpha value is -2.38. The summed E-state index contributed by atoms with van der Waals surface area (Å²) in [6, 6.07) is 0. The molecule has 0 saturated heterocycles. The number of aromatic amines is 1. The van der Waals surface area contributed by atoms with E-state index in [1.165, 1.54) is 0 Å². The maximum atomic E-state index is 11.3. The van der Waals surface area contributed by atoms with E-state index >= 15 is 0 Å². The summed E-state index contributed by atoms with van der Waals surface area (Å²) in [6.07, 6.45) is 3.47.